The molecular formula is C10H15NOS. The van der Waals surface area contributed by atoms with Crippen LogP contribution in [-0.4, -0.2) is 13.4 Å². The molecule has 3 heteroatoms. The molecule has 0 radical (unpaired) electrons. The summed E-state index contributed by atoms with van der Waals surface area (Å²) >= 11 is 1.78. The van der Waals surface area contributed by atoms with Crippen molar-refractivity contribution in [2.24, 2.45) is 5.73 Å². The van der Waals surface area contributed by atoms with E-state index in [1.54, 1.807) is 18.9 Å². The van der Waals surface area contributed by atoms with E-state index in [2.05, 4.69) is 12.3 Å². The second kappa shape index (κ2) is 5.14. The molecule has 0 aliphatic rings. The molecule has 0 aromatic heterocycles. The van der Waals surface area contributed by atoms with Gasteiger partial charge in [0.2, 0.25) is 0 Å². The van der Waals surface area contributed by atoms with E-state index in [9.17, 15) is 0 Å². The van der Waals surface area contributed by atoms with Gasteiger partial charge in [0.05, 0.1) is 7.11 Å². The fourth-order valence-corrected chi connectivity index (χ4v) is 1.76. The van der Waals surface area contributed by atoms with Crippen molar-refractivity contribution in [1.82, 2.24) is 0 Å². The fraction of sp³-hybridized carbons (Fsp3) is 0.400. The third-order valence-corrected chi connectivity index (χ3v) is 2.48. The highest BCUT2D eigenvalue weighted by Crippen LogP contribution is 2.23. The topological polar surface area (TPSA) is 35.2 Å². The molecule has 0 aliphatic carbocycles. The van der Waals surface area contributed by atoms with Crippen LogP contribution in [0.5, 0.6) is 5.75 Å². The molecule has 0 saturated heterocycles. The lowest BCUT2D eigenvalue weighted by atomic mass is 10.1. The van der Waals surface area contributed by atoms with Gasteiger partial charge in [0.1, 0.15) is 5.75 Å². The second-order valence-electron chi connectivity index (χ2n) is 2.78. The summed E-state index contributed by atoms with van der Waals surface area (Å²) in [6.07, 6.45) is 2.08. The van der Waals surface area contributed by atoms with E-state index in [-0.39, 0.29) is 0 Å². The standard InChI is InChI=1S/C10H15NOS/c1-12-10-4-3-8(6-11)5-9(10)7-13-2/h3-5H,6-7,11H2,1-2H3. The first-order valence-electron chi connectivity index (χ1n) is 4.16. The number of benzene rings is 1. The van der Waals surface area contributed by atoms with Crippen molar-refractivity contribution >= 4 is 11.8 Å². The highest BCUT2D eigenvalue weighted by atomic mass is 32.2. The summed E-state index contributed by atoms with van der Waals surface area (Å²) in [5.74, 6) is 1.92. The van der Waals surface area contributed by atoms with Crippen LogP contribution >= 0.6 is 11.8 Å². The van der Waals surface area contributed by atoms with E-state index in [0.717, 1.165) is 17.1 Å². The summed E-state index contributed by atoms with van der Waals surface area (Å²) < 4.78 is 5.24. The lowest BCUT2D eigenvalue weighted by molar-refractivity contribution is 0.411. The lowest BCUT2D eigenvalue weighted by Gasteiger charge is -2.08. The van der Waals surface area contributed by atoms with Gasteiger partial charge in [-0.25, -0.2) is 0 Å². The van der Waals surface area contributed by atoms with Crippen LogP contribution in [0.15, 0.2) is 18.2 Å². The highest BCUT2D eigenvalue weighted by molar-refractivity contribution is 7.97. The quantitative estimate of drug-likeness (QED) is 0.802. The van der Waals surface area contributed by atoms with Crippen molar-refractivity contribution in [3.63, 3.8) is 0 Å². The highest BCUT2D eigenvalue weighted by Gasteiger charge is 2.02. The average Bonchev–Trinajstić information content (AvgIpc) is 2.18. The molecule has 0 fully saturated rings. The molecule has 1 aromatic carbocycles. The van der Waals surface area contributed by atoms with Crippen molar-refractivity contribution in [3.05, 3.63) is 29.3 Å². The average molecular weight is 197 g/mol. The third kappa shape index (κ3) is 2.64. The van der Waals surface area contributed by atoms with Crippen molar-refractivity contribution in [2.75, 3.05) is 13.4 Å². The summed E-state index contributed by atoms with van der Waals surface area (Å²) in [4.78, 5) is 0. The molecule has 0 atom stereocenters. The van der Waals surface area contributed by atoms with Crippen LogP contribution in [0, 0.1) is 0 Å². The number of hydrogen-bond acceptors (Lipinski definition) is 3. The normalized spacial score (nSPS) is 10.1. The Kier molecular flexibility index (Phi) is 4.12. The van der Waals surface area contributed by atoms with E-state index >= 15 is 0 Å². The van der Waals surface area contributed by atoms with Crippen LogP contribution in [0.4, 0.5) is 0 Å². The minimum atomic E-state index is 0.589. The summed E-state index contributed by atoms with van der Waals surface area (Å²) in [5, 5.41) is 0. The Balaban J connectivity index is 2.95. The summed E-state index contributed by atoms with van der Waals surface area (Å²) in [7, 11) is 1.70. The van der Waals surface area contributed by atoms with Crippen molar-refractivity contribution < 1.29 is 4.74 Å². The van der Waals surface area contributed by atoms with Crippen molar-refractivity contribution in [1.29, 1.82) is 0 Å². The molecule has 13 heavy (non-hydrogen) atoms. The van der Waals surface area contributed by atoms with Gasteiger partial charge in [-0.05, 0) is 24.0 Å². The Morgan fingerprint density at radius 1 is 1.46 bits per heavy atom. The maximum Gasteiger partial charge on any atom is 0.122 e. The molecular weight excluding hydrogens is 182 g/mol. The summed E-state index contributed by atoms with van der Waals surface area (Å²) in [6.45, 7) is 0.589. The number of methoxy groups -OCH3 is 1. The Hall–Kier alpha value is -0.670. The molecule has 0 spiro atoms. The van der Waals surface area contributed by atoms with Gasteiger partial charge >= 0.3 is 0 Å². The minimum Gasteiger partial charge on any atom is -0.496 e. The molecule has 0 aliphatic heterocycles. The van der Waals surface area contributed by atoms with Crippen LogP contribution in [0.2, 0.25) is 0 Å². The maximum atomic E-state index is 5.56. The fourth-order valence-electron chi connectivity index (χ4n) is 1.23. The van der Waals surface area contributed by atoms with E-state index in [1.165, 1.54) is 5.56 Å². The molecule has 0 unspecified atom stereocenters. The van der Waals surface area contributed by atoms with Crippen LogP contribution in [0.25, 0.3) is 0 Å². The molecule has 0 bridgehead atoms. The Bertz CT molecular complexity index is 276. The summed E-state index contributed by atoms with van der Waals surface area (Å²) in [6, 6.07) is 6.09. The first kappa shape index (κ1) is 10.4. The minimum absolute atomic E-state index is 0.589. The van der Waals surface area contributed by atoms with Crippen LogP contribution < -0.4 is 10.5 Å². The zero-order valence-electron chi connectivity index (χ0n) is 8.04. The van der Waals surface area contributed by atoms with Crippen LogP contribution in [0.3, 0.4) is 0 Å². The zero-order valence-corrected chi connectivity index (χ0v) is 8.86. The smallest absolute Gasteiger partial charge is 0.122 e. The number of nitrogens with two attached hydrogens (primary N) is 1. The van der Waals surface area contributed by atoms with Crippen LogP contribution in [-0.2, 0) is 12.3 Å². The largest absolute Gasteiger partial charge is 0.496 e. The molecule has 2 nitrogen and oxygen atoms in total. The van der Waals surface area contributed by atoms with Gasteiger partial charge in [0, 0.05) is 17.9 Å². The molecule has 0 heterocycles. The maximum absolute atomic E-state index is 5.56. The first-order chi connectivity index (χ1) is 6.31. The number of ether oxygens (including phenoxy) is 1. The van der Waals surface area contributed by atoms with E-state index in [4.69, 9.17) is 10.5 Å². The van der Waals surface area contributed by atoms with Gasteiger partial charge in [-0.15, -0.1) is 0 Å². The van der Waals surface area contributed by atoms with E-state index in [1.807, 2.05) is 12.1 Å². The SMILES string of the molecule is COc1ccc(CN)cc1CSC. The molecule has 1 rings (SSSR count). The lowest BCUT2D eigenvalue weighted by Crippen LogP contribution is -1.98. The third-order valence-electron chi connectivity index (χ3n) is 1.88. The Labute approximate surface area is 83.5 Å². The molecule has 1 aromatic rings. The Morgan fingerprint density at radius 2 is 2.23 bits per heavy atom. The number of hydrogen-bond donors (Lipinski definition) is 1. The molecule has 72 valence electrons. The van der Waals surface area contributed by atoms with Gasteiger partial charge in [-0.1, -0.05) is 6.07 Å². The molecule has 2 N–H and O–H groups in total. The monoisotopic (exact) mass is 197 g/mol. The summed E-state index contributed by atoms with van der Waals surface area (Å²) in [5.41, 5.74) is 7.94. The van der Waals surface area contributed by atoms with Gasteiger partial charge in [0.25, 0.3) is 0 Å². The predicted octanol–water partition coefficient (Wildman–Crippen LogP) is 2.02. The Morgan fingerprint density at radius 3 is 2.77 bits per heavy atom. The molecule has 0 saturated carbocycles. The van der Waals surface area contributed by atoms with E-state index < -0.39 is 0 Å². The van der Waals surface area contributed by atoms with Gasteiger partial charge in [-0.2, -0.15) is 11.8 Å². The molecule has 0 amide bonds. The zero-order chi connectivity index (χ0) is 9.68. The van der Waals surface area contributed by atoms with E-state index in [0.29, 0.717) is 6.54 Å². The van der Waals surface area contributed by atoms with Gasteiger partial charge < -0.3 is 10.5 Å². The van der Waals surface area contributed by atoms with Gasteiger partial charge in [0.15, 0.2) is 0 Å². The van der Waals surface area contributed by atoms with Gasteiger partial charge in [-0.3, -0.25) is 0 Å². The van der Waals surface area contributed by atoms with Crippen molar-refractivity contribution in [3.8, 4) is 5.75 Å². The predicted molar refractivity (Wildman–Crippen MR) is 58.1 cm³/mol. The van der Waals surface area contributed by atoms with Crippen LogP contribution in [0.1, 0.15) is 11.1 Å². The second-order valence-corrected chi connectivity index (χ2v) is 3.65. The number of thioether (sulfide) groups is 1. The van der Waals surface area contributed by atoms with Crippen molar-refractivity contribution in [2.45, 2.75) is 12.3 Å². The first-order valence-corrected chi connectivity index (χ1v) is 5.56. The number of rotatable bonds is 4.